The minimum Gasteiger partial charge on any atom is -0.381 e. The van der Waals surface area contributed by atoms with Crippen LogP contribution >= 0.6 is 0 Å². The van der Waals surface area contributed by atoms with Gasteiger partial charge in [-0.2, -0.15) is 0 Å². The van der Waals surface area contributed by atoms with Crippen LogP contribution in [0.2, 0.25) is 0 Å². The highest BCUT2D eigenvalue weighted by Crippen LogP contribution is 2.18. The topological polar surface area (TPSA) is 32.8 Å². The molecule has 2 rings (SSSR count). The Morgan fingerprint density at radius 1 is 1.13 bits per heavy atom. The molecule has 2 aliphatic rings. The first kappa shape index (κ1) is 10.9. The molecular formula is C11H19N2O2. The van der Waals surface area contributed by atoms with Crippen LogP contribution in [0.5, 0.6) is 0 Å². The molecule has 0 aliphatic carbocycles. The van der Waals surface area contributed by atoms with E-state index in [-0.39, 0.29) is 5.92 Å². The molecule has 0 N–H and O–H groups in total. The van der Waals surface area contributed by atoms with Gasteiger partial charge in [0.05, 0.1) is 0 Å². The molecule has 85 valence electrons. The van der Waals surface area contributed by atoms with E-state index in [2.05, 4.69) is 7.05 Å². The van der Waals surface area contributed by atoms with Crippen molar-refractivity contribution in [3.63, 3.8) is 0 Å². The lowest BCUT2D eigenvalue weighted by Crippen LogP contribution is -2.49. The molecule has 0 aromatic carbocycles. The summed E-state index contributed by atoms with van der Waals surface area (Å²) in [6.07, 6.45) is 1.78. The Kier molecular flexibility index (Phi) is 3.59. The van der Waals surface area contributed by atoms with Gasteiger partial charge in [-0.05, 0) is 12.8 Å². The molecule has 0 saturated carbocycles. The van der Waals surface area contributed by atoms with Crippen molar-refractivity contribution in [2.24, 2.45) is 5.92 Å². The van der Waals surface area contributed by atoms with Crippen molar-refractivity contribution in [1.29, 1.82) is 0 Å². The van der Waals surface area contributed by atoms with Crippen LogP contribution in [0.15, 0.2) is 0 Å². The number of rotatable bonds is 1. The van der Waals surface area contributed by atoms with Gasteiger partial charge in [0.25, 0.3) is 0 Å². The summed E-state index contributed by atoms with van der Waals surface area (Å²) >= 11 is 0. The van der Waals surface area contributed by atoms with Crippen molar-refractivity contribution in [2.75, 3.05) is 39.4 Å². The molecule has 0 aromatic heterocycles. The number of carbonyl (C=O) groups is 1. The van der Waals surface area contributed by atoms with E-state index in [4.69, 9.17) is 4.74 Å². The van der Waals surface area contributed by atoms with Gasteiger partial charge in [0.15, 0.2) is 0 Å². The van der Waals surface area contributed by atoms with Gasteiger partial charge >= 0.3 is 0 Å². The van der Waals surface area contributed by atoms with Gasteiger partial charge < -0.3 is 9.64 Å². The smallest absolute Gasteiger partial charge is 0.225 e. The Balaban J connectivity index is 1.84. The zero-order chi connectivity index (χ0) is 10.7. The maximum atomic E-state index is 12.1. The lowest BCUT2D eigenvalue weighted by Gasteiger charge is -2.35. The number of nitrogens with zero attached hydrogens (tertiary/aromatic N) is 2. The second-order valence-corrected chi connectivity index (χ2v) is 4.33. The molecule has 1 amide bonds. The molecule has 2 fully saturated rings. The standard InChI is InChI=1S/C11H19N2O2/c1-12-4-6-13(7-5-12)11(14)10-2-8-15-9-3-10/h10H,1-9H2. The van der Waals surface area contributed by atoms with Crippen molar-refractivity contribution in [3.8, 4) is 0 Å². The van der Waals surface area contributed by atoms with E-state index in [1.807, 2.05) is 9.80 Å². The molecule has 1 radical (unpaired) electrons. The number of hydrogen-bond donors (Lipinski definition) is 0. The number of ether oxygens (including phenoxy) is 1. The highest BCUT2D eigenvalue weighted by molar-refractivity contribution is 5.79. The third-order valence-electron chi connectivity index (χ3n) is 3.25. The summed E-state index contributed by atoms with van der Waals surface area (Å²) in [7, 11) is 3.88. The average molecular weight is 211 g/mol. The van der Waals surface area contributed by atoms with Crippen LogP contribution in [0.1, 0.15) is 12.8 Å². The summed E-state index contributed by atoms with van der Waals surface area (Å²) < 4.78 is 5.27. The molecule has 0 aromatic rings. The summed E-state index contributed by atoms with van der Waals surface area (Å²) in [4.78, 5) is 16.1. The Labute approximate surface area is 91.2 Å². The second-order valence-electron chi connectivity index (χ2n) is 4.33. The molecule has 4 nitrogen and oxygen atoms in total. The van der Waals surface area contributed by atoms with Gasteiger partial charge in [-0.3, -0.25) is 9.69 Å². The number of piperazine rings is 1. The normalized spacial score (nSPS) is 25.5. The Morgan fingerprint density at radius 3 is 2.33 bits per heavy atom. The number of carbonyl (C=O) groups excluding carboxylic acids is 1. The highest BCUT2D eigenvalue weighted by Gasteiger charge is 2.27. The molecule has 2 saturated heterocycles. The number of hydrogen-bond acceptors (Lipinski definition) is 3. The SMILES string of the molecule is [CH2]N1CCN(C(=O)C2CCOCC2)CC1. The van der Waals surface area contributed by atoms with Crippen molar-refractivity contribution in [1.82, 2.24) is 9.80 Å². The van der Waals surface area contributed by atoms with Crippen LogP contribution in [0.25, 0.3) is 0 Å². The third-order valence-corrected chi connectivity index (χ3v) is 3.25. The lowest BCUT2D eigenvalue weighted by molar-refractivity contribution is -0.140. The van der Waals surface area contributed by atoms with Gasteiger partial charge in [-0.15, -0.1) is 0 Å². The quantitative estimate of drug-likeness (QED) is 0.627. The van der Waals surface area contributed by atoms with Crippen molar-refractivity contribution < 1.29 is 9.53 Å². The van der Waals surface area contributed by atoms with Gasteiger partial charge in [0.1, 0.15) is 0 Å². The third kappa shape index (κ3) is 2.69. The maximum Gasteiger partial charge on any atom is 0.225 e. The van der Waals surface area contributed by atoms with Gasteiger partial charge in [0, 0.05) is 52.4 Å². The second kappa shape index (κ2) is 4.94. The zero-order valence-electron chi connectivity index (χ0n) is 9.15. The average Bonchev–Trinajstić information content (AvgIpc) is 2.30. The summed E-state index contributed by atoms with van der Waals surface area (Å²) in [5.41, 5.74) is 0. The fourth-order valence-corrected chi connectivity index (χ4v) is 2.17. The number of amides is 1. The van der Waals surface area contributed by atoms with E-state index in [0.29, 0.717) is 5.91 Å². The highest BCUT2D eigenvalue weighted by atomic mass is 16.5. The summed E-state index contributed by atoms with van der Waals surface area (Å²) in [5, 5.41) is 0. The van der Waals surface area contributed by atoms with Crippen LogP contribution in [0.4, 0.5) is 0 Å². The van der Waals surface area contributed by atoms with Crippen LogP contribution in [0, 0.1) is 13.0 Å². The van der Waals surface area contributed by atoms with Gasteiger partial charge in [-0.1, -0.05) is 0 Å². The zero-order valence-corrected chi connectivity index (χ0v) is 9.15. The lowest BCUT2D eigenvalue weighted by atomic mass is 9.98. The summed E-state index contributed by atoms with van der Waals surface area (Å²) in [6.45, 7) is 4.95. The first-order chi connectivity index (χ1) is 7.27. The van der Waals surface area contributed by atoms with Crippen molar-refractivity contribution in [2.45, 2.75) is 12.8 Å². The molecule has 0 bridgehead atoms. The van der Waals surface area contributed by atoms with Gasteiger partial charge in [0.2, 0.25) is 5.91 Å². The van der Waals surface area contributed by atoms with E-state index in [1.165, 1.54) is 0 Å². The van der Waals surface area contributed by atoms with E-state index in [1.54, 1.807) is 0 Å². The molecule has 4 heteroatoms. The Bertz CT molecular complexity index is 219. The van der Waals surface area contributed by atoms with Crippen molar-refractivity contribution >= 4 is 5.91 Å². The Morgan fingerprint density at radius 2 is 1.73 bits per heavy atom. The fraction of sp³-hybridized carbons (Fsp3) is 0.818. The first-order valence-corrected chi connectivity index (χ1v) is 5.69. The van der Waals surface area contributed by atoms with E-state index in [0.717, 1.165) is 52.2 Å². The molecule has 0 unspecified atom stereocenters. The van der Waals surface area contributed by atoms with Crippen LogP contribution in [-0.2, 0) is 9.53 Å². The fourth-order valence-electron chi connectivity index (χ4n) is 2.17. The monoisotopic (exact) mass is 211 g/mol. The molecule has 0 atom stereocenters. The molecule has 2 aliphatic heterocycles. The summed E-state index contributed by atoms with van der Waals surface area (Å²) in [6, 6.07) is 0. The minimum atomic E-state index is 0.204. The largest absolute Gasteiger partial charge is 0.381 e. The van der Waals surface area contributed by atoms with Crippen LogP contribution < -0.4 is 0 Å². The molecule has 0 spiro atoms. The van der Waals surface area contributed by atoms with Gasteiger partial charge in [-0.25, -0.2) is 0 Å². The van der Waals surface area contributed by atoms with E-state index < -0.39 is 0 Å². The van der Waals surface area contributed by atoms with Crippen molar-refractivity contribution in [3.05, 3.63) is 7.05 Å². The van der Waals surface area contributed by atoms with Crippen LogP contribution in [0.3, 0.4) is 0 Å². The maximum absolute atomic E-state index is 12.1. The first-order valence-electron chi connectivity index (χ1n) is 5.69. The summed E-state index contributed by atoms with van der Waals surface area (Å²) in [5.74, 6) is 0.529. The Hall–Kier alpha value is -0.610. The minimum absolute atomic E-state index is 0.204. The molecular weight excluding hydrogens is 192 g/mol. The van der Waals surface area contributed by atoms with E-state index >= 15 is 0 Å². The molecule has 2 heterocycles. The van der Waals surface area contributed by atoms with Crippen LogP contribution in [-0.4, -0.2) is 55.1 Å². The predicted octanol–water partition coefficient (Wildman–Crippen LogP) is 0.349. The predicted molar refractivity (Wildman–Crippen MR) is 57.1 cm³/mol. The molecule has 15 heavy (non-hydrogen) atoms. The van der Waals surface area contributed by atoms with E-state index in [9.17, 15) is 4.79 Å².